The molecule has 0 rings (SSSR count). The molecule has 0 aliphatic carbocycles. The third-order valence-corrected chi connectivity index (χ3v) is 4.02. The molecule has 1 atom stereocenters. The van der Waals surface area contributed by atoms with E-state index in [-0.39, 0.29) is 12.1 Å². The van der Waals surface area contributed by atoms with Crippen LogP contribution in [0.2, 0.25) is 0 Å². The summed E-state index contributed by atoms with van der Waals surface area (Å²) in [7, 11) is 0. The van der Waals surface area contributed by atoms with Gasteiger partial charge in [0.25, 0.3) is 0 Å². The molecule has 0 spiro atoms. The molecule has 0 radical (unpaired) electrons. The monoisotopic (exact) mass is 326 g/mol. The number of esters is 1. The van der Waals surface area contributed by atoms with Gasteiger partial charge in [-0.2, -0.15) is 0 Å². The summed E-state index contributed by atoms with van der Waals surface area (Å²) in [6, 6.07) is 0. The van der Waals surface area contributed by atoms with Crippen LogP contribution in [0.1, 0.15) is 97.3 Å². The molecular formula is C20H38O3. The minimum atomic E-state index is -0.161. The predicted molar refractivity (Wildman–Crippen MR) is 97.5 cm³/mol. The zero-order valence-corrected chi connectivity index (χ0v) is 15.4. The topological polar surface area (TPSA) is 46.5 Å². The first-order valence-electron chi connectivity index (χ1n) is 9.69. The average molecular weight is 327 g/mol. The van der Waals surface area contributed by atoms with Crippen molar-refractivity contribution < 1.29 is 14.6 Å². The maximum atomic E-state index is 11.2. The number of allylic oxidation sites excluding steroid dienone is 1. The van der Waals surface area contributed by atoms with Gasteiger partial charge in [0.1, 0.15) is 0 Å². The van der Waals surface area contributed by atoms with Crippen LogP contribution in [0.5, 0.6) is 0 Å². The van der Waals surface area contributed by atoms with Crippen molar-refractivity contribution in [3.05, 3.63) is 12.2 Å². The van der Waals surface area contributed by atoms with Gasteiger partial charge in [-0.3, -0.25) is 4.79 Å². The summed E-state index contributed by atoms with van der Waals surface area (Å²) >= 11 is 0. The molecule has 0 amide bonds. The van der Waals surface area contributed by atoms with E-state index in [1.54, 1.807) is 0 Å². The number of carbonyl (C=O) groups is 1. The van der Waals surface area contributed by atoms with Crippen molar-refractivity contribution in [1.29, 1.82) is 0 Å². The molecule has 0 saturated heterocycles. The lowest BCUT2D eigenvalue weighted by Crippen LogP contribution is -2.04. The molecule has 0 aromatic heterocycles. The molecule has 1 N–H and O–H groups in total. The van der Waals surface area contributed by atoms with Crippen molar-refractivity contribution in [2.24, 2.45) is 0 Å². The fourth-order valence-electron chi connectivity index (χ4n) is 2.59. The summed E-state index contributed by atoms with van der Waals surface area (Å²) in [5, 5.41) is 9.84. The molecule has 23 heavy (non-hydrogen) atoms. The van der Waals surface area contributed by atoms with Gasteiger partial charge in [0.15, 0.2) is 0 Å². The van der Waals surface area contributed by atoms with Gasteiger partial charge in [-0.1, -0.05) is 64.0 Å². The van der Waals surface area contributed by atoms with E-state index < -0.39 is 0 Å². The number of aliphatic hydroxyl groups is 1. The molecule has 0 fully saturated rings. The summed E-state index contributed by atoms with van der Waals surface area (Å²) in [4.78, 5) is 11.2. The molecule has 0 unspecified atom stereocenters. The SMILES string of the molecule is CCCCCC[C@@H](O)CC=CCCCCCCCC(=O)OCC. The van der Waals surface area contributed by atoms with Crippen LogP contribution in [0.15, 0.2) is 12.2 Å². The minimum Gasteiger partial charge on any atom is -0.466 e. The van der Waals surface area contributed by atoms with Crippen LogP contribution in [0, 0.1) is 0 Å². The van der Waals surface area contributed by atoms with Gasteiger partial charge in [0.05, 0.1) is 12.7 Å². The second-order valence-corrected chi connectivity index (χ2v) is 6.32. The highest BCUT2D eigenvalue weighted by atomic mass is 16.5. The zero-order valence-electron chi connectivity index (χ0n) is 15.4. The third kappa shape index (κ3) is 17.4. The molecule has 0 bridgehead atoms. The Morgan fingerprint density at radius 3 is 2.39 bits per heavy atom. The van der Waals surface area contributed by atoms with E-state index >= 15 is 0 Å². The number of hydrogen-bond donors (Lipinski definition) is 1. The number of unbranched alkanes of at least 4 members (excludes halogenated alkanes) is 8. The lowest BCUT2D eigenvalue weighted by Gasteiger charge is -2.07. The van der Waals surface area contributed by atoms with E-state index in [9.17, 15) is 9.90 Å². The number of aliphatic hydroxyl groups excluding tert-OH is 1. The first kappa shape index (κ1) is 22.2. The van der Waals surface area contributed by atoms with E-state index in [2.05, 4.69) is 19.1 Å². The second-order valence-electron chi connectivity index (χ2n) is 6.32. The van der Waals surface area contributed by atoms with Crippen molar-refractivity contribution >= 4 is 5.97 Å². The van der Waals surface area contributed by atoms with Gasteiger partial charge >= 0.3 is 5.97 Å². The normalized spacial score (nSPS) is 12.7. The van der Waals surface area contributed by atoms with Crippen LogP contribution < -0.4 is 0 Å². The average Bonchev–Trinajstić information content (AvgIpc) is 2.53. The lowest BCUT2D eigenvalue weighted by atomic mass is 10.1. The summed E-state index contributed by atoms with van der Waals surface area (Å²) in [6.45, 7) is 4.54. The minimum absolute atomic E-state index is 0.0660. The fraction of sp³-hybridized carbons (Fsp3) is 0.850. The summed E-state index contributed by atoms with van der Waals surface area (Å²) in [6.07, 6.45) is 18.1. The van der Waals surface area contributed by atoms with Gasteiger partial charge in [-0.25, -0.2) is 0 Å². The van der Waals surface area contributed by atoms with Crippen molar-refractivity contribution in [2.45, 2.75) is 103 Å². The van der Waals surface area contributed by atoms with E-state index in [0.29, 0.717) is 13.0 Å². The van der Waals surface area contributed by atoms with Crippen LogP contribution in [0.3, 0.4) is 0 Å². The quantitative estimate of drug-likeness (QED) is 0.229. The van der Waals surface area contributed by atoms with Gasteiger partial charge in [0, 0.05) is 6.42 Å². The maximum absolute atomic E-state index is 11.2. The van der Waals surface area contributed by atoms with Gasteiger partial charge < -0.3 is 9.84 Å². The summed E-state index contributed by atoms with van der Waals surface area (Å²) in [5.41, 5.74) is 0. The van der Waals surface area contributed by atoms with Crippen LogP contribution >= 0.6 is 0 Å². The highest BCUT2D eigenvalue weighted by molar-refractivity contribution is 5.69. The van der Waals surface area contributed by atoms with Crippen LogP contribution in [0.4, 0.5) is 0 Å². The van der Waals surface area contributed by atoms with E-state index in [1.807, 2.05) is 6.92 Å². The van der Waals surface area contributed by atoms with Gasteiger partial charge in [-0.15, -0.1) is 0 Å². The molecule has 0 saturated carbocycles. The van der Waals surface area contributed by atoms with E-state index in [1.165, 1.54) is 38.5 Å². The molecule has 3 heteroatoms. The Balaban J connectivity index is 3.29. The highest BCUT2D eigenvalue weighted by Crippen LogP contribution is 2.10. The Bertz CT molecular complexity index is 287. The van der Waals surface area contributed by atoms with Gasteiger partial charge in [-0.05, 0) is 39.0 Å². The number of hydrogen-bond acceptors (Lipinski definition) is 3. The summed E-state index contributed by atoms with van der Waals surface area (Å²) < 4.78 is 4.90. The first-order valence-corrected chi connectivity index (χ1v) is 9.69. The van der Waals surface area contributed by atoms with Crippen LogP contribution in [-0.4, -0.2) is 23.8 Å². The van der Waals surface area contributed by atoms with Crippen LogP contribution in [-0.2, 0) is 9.53 Å². The molecule has 0 aliphatic heterocycles. The largest absolute Gasteiger partial charge is 0.466 e. The molecule has 3 nitrogen and oxygen atoms in total. The Hall–Kier alpha value is -0.830. The Morgan fingerprint density at radius 1 is 0.957 bits per heavy atom. The standard InChI is InChI=1S/C20H38O3/c1-3-5-6-13-16-19(21)17-14-11-9-7-8-10-12-15-18-20(22)23-4-2/h11,14,19,21H,3-10,12-13,15-18H2,1-2H3/t19-/m1/s1. The van der Waals surface area contributed by atoms with Crippen molar-refractivity contribution in [3.63, 3.8) is 0 Å². The second kappa shape index (κ2) is 17.5. The molecule has 0 aromatic rings. The Labute approximate surface area is 143 Å². The molecule has 136 valence electrons. The zero-order chi connectivity index (χ0) is 17.2. The van der Waals surface area contributed by atoms with Crippen molar-refractivity contribution in [2.75, 3.05) is 6.61 Å². The smallest absolute Gasteiger partial charge is 0.305 e. The van der Waals surface area contributed by atoms with E-state index in [4.69, 9.17) is 4.74 Å². The van der Waals surface area contributed by atoms with Crippen molar-refractivity contribution in [1.82, 2.24) is 0 Å². The molecule has 0 aliphatic rings. The highest BCUT2D eigenvalue weighted by Gasteiger charge is 2.01. The third-order valence-electron chi connectivity index (χ3n) is 4.02. The summed E-state index contributed by atoms with van der Waals surface area (Å²) in [5.74, 6) is -0.0660. The number of rotatable bonds is 16. The molecular weight excluding hydrogens is 288 g/mol. The maximum Gasteiger partial charge on any atom is 0.305 e. The van der Waals surface area contributed by atoms with Crippen molar-refractivity contribution in [3.8, 4) is 0 Å². The van der Waals surface area contributed by atoms with E-state index in [0.717, 1.165) is 38.5 Å². The van der Waals surface area contributed by atoms with Crippen LogP contribution in [0.25, 0.3) is 0 Å². The lowest BCUT2D eigenvalue weighted by molar-refractivity contribution is -0.143. The predicted octanol–water partition coefficient (Wildman–Crippen LogP) is 5.56. The Kier molecular flexibility index (Phi) is 16.9. The van der Waals surface area contributed by atoms with Gasteiger partial charge in [0.2, 0.25) is 0 Å². The first-order chi connectivity index (χ1) is 11.2. The number of ether oxygens (including phenoxy) is 1. The molecule has 0 heterocycles. The molecule has 0 aromatic carbocycles. The Morgan fingerprint density at radius 2 is 1.65 bits per heavy atom. The fourth-order valence-corrected chi connectivity index (χ4v) is 2.59. The number of carbonyl (C=O) groups excluding carboxylic acids is 1.